The van der Waals surface area contributed by atoms with E-state index in [1.807, 2.05) is 6.07 Å². The number of nitrogens with one attached hydrogen (secondary N) is 1. The summed E-state index contributed by atoms with van der Waals surface area (Å²) in [5, 5.41) is 9.98. The first-order valence-corrected chi connectivity index (χ1v) is 10.3. The van der Waals surface area contributed by atoms with Crippen molar-refractivity contribution in [1.82, 2.24) is 10.2 Å². The molecule has 11 heteroatoms. The summed E-state index contributed by atoms with van der Waals surface area (Å²) in [4.78, 5) is 23.4. The van der Waals surface area contributed by atoms with Gasteiger partial charge < -0.3 is 19.9 Å². The number of ether oxygens (including phenoxy) is 2. The second-order valence-corrected chi connectivity index (χ2v) is 7.82. The molecule has 1 atom stereocenters. The van der Waals surface area contributed by atoms with Gasteiger partial charge in [-0.15, -0.1) is 0 Å². The van der Waals surface area contributed by atoms with Gasteiger partial charge in [0.1, 0.15) is 11.9 Å². The number of methoxy groups -OCH3 is 1. The van der Waals surface area contributed by atoms with Crippen molar-refractivity contribution in [2.45, 2.75) is 50.1 Å². The first-order valence-electron chi connectivity index (χ1n) is 10.3. The zero-order valence-corrected chi connectivity index (χ0v) is 17.8. The number of halogens is 4. The maximum atomic E-state index is 13.3. The Balaban J connectivity index is 0.000000451. The van der Waals surface area contributed by atoms with Crippen molar-refractivity contribution in [3.63, 3.8) is 0 Å². The zero-order valence-electron chi connectivity index (χ0n) is 17.8. The van der Waals surface area contributed by atoms with Gasteiger partial charge in [-0.1, -0.05) is 12.1 Å². The van der Waals surface area contributed by atoms with Crippen molar-refractivity contribution in [2.75, 3.05) is 33.4 Å². The molecule has 0 aliphatic carbocycles. The zero-order chi connectivity index (χ0) is 23.8. The Morgan fingerprint density at radius 1 is 1.28 bits per heavy atom. The lowest BCUT2D eigenvalue weighted by Crippen LogP contribution is -2.45. The summed E-state index contributed by atoms with van der Waals surface area (Å²) in [7, 11) is 1.62. The lowest BCUT2D eigenvalue weighted by molar-refractivity contribution is -0.192. The number of carboxylic acids is 1. The van der Waals surface area contributed by atoms with Gasteiger partial charge in [0.05, 0.1) is 12.2 Å². The summed E-state index contributed by atoms with van der Waals surface area (Å²) >= 11 is 0. The highest BCUT2D eigenvalue weighted by Gasteiger charge is 2.44. The predicted molar refractivity (Wildman–Crippen MR) is 106 cm³/mol. The second kappa shape index (κ2) is 11.6. The first-order chi connectivity index (χ1) is 15.0. The molecule has 0 radical (unpaired) electrons. The average Bonchev–Trinajstić information content (AvgIpc) is 3.14. The summed E-state index contributed by atoms with van der Waals surface area (Å²) in [6, 6.07) is 6.78. The molecule has 1 unspecified atom stereocenters. The van der Waals surface area contributed by atoms with E-state index in [-0.39, 0.29) is 23.4 Å². The summed E-state index contributed by atoms with van der Waals surface area (Å²) < 4.78 is 56.2. The Bertz CT molecular complexity index is 767. The molecule has 0 saturated carbocycles. The number of benzene rings is 1. The van der Waals surface area contributed by atoms with Crippen molar-refractivity contribution in [1.29, 1.82) is 0 Å². The fourth-order valence-corrected chi connectivity index (χ4v) is 3.77. The number of rotatable bonds is 6. The third-order valence-corrected chi connectivity index (χ3v) is 5.46. The Morgan fingerprint density at radius 2 is 1.94 bits per heavy atom. The number of hydrogen-bond donors (Lipinski definition) is 2. The monoisotopic (exact) mass is 464 g/mol. The van der Waals surface area contributed by atoms with Gasteiger partial charge in [-0.25, -0.2) is 9.18 Å². The van der Waals surface area contributed by atoms with Gasteiger partial charge in [0.25, 0.3) is 0 Å². The van der Waals surface area contributed by atoms with Crippen LogP contribution in [0.3, 0.4) is 0 Å². The molecule has 0 aromatic heterocycles. The minimum Gasteiger partial charge on any atom is -0.475 e. The summed E-state index contributed by atoms with van der Waals surface area (Å²) in [5.41, 5.74) is 0.834. The number of carboxylic acid groups (broad SMARTS) is 1. The highest BCUT2D eigenvalue weighted by molar-refractivity contribution is 5.81. The number of likely N-dealkylation sites (tertiary alicyclic amines) is 1. The highest BCUT2D eigenvalue weighted by atomic mass is 19.4. The lowest BCUT2D eigenvalue weighted by atomic mass is 9.88. The molecule has 1 amide bonds. The third-order valence-electron chi connectivity index (χ3n) is 5.46. The number of hydrogen-bond acceptors (Lipinski definition) is 5. The van der Waals surface area contributed by atoms with Crippen molar-refractivity contribution in [3.8, 4) is 0 Å². The molecule has 1 aromatic rings. The Morgan fingerprint density at radius 3 is 2.50 bits per heavy atom. The summed E-state index contributed by atoms with van der Waals surface area (Å²) in [5.74, 6) is -2.98. The molecule has 1 aromatic carbocycles. The second-order valence-electron chi connectivity index (χ2n) is 7.82. The van der Waals surface area contributed by atoms with Crippen molar-refractivity contribution >= 4 is 11.9 Å². The van der Waals surface area contributed by atoms with Gasteiger partial charge >= 0.3 is 12.1 Å². The fraction of sp³-hybridized carbons (Fsp3) is 0.619. The van der Waals surface area contributed by atoms with Crippen LogP contribution in [0.25, 0.3) is 0 Å². The minimum absolute atomic E-state index is 0.0314. The van der Waals surface area contributed by atoms with E-state index in [0.29, 0.717) is 13.2 Å². The van der Waals surface area contributed by atoms with E-state index >= 15 is 0 Å². The number of nitrogens with zero attached hydrogens (tertiary/aromatic N) is 1. The van der Waals surface area contributed by atoms with Crippen molar-refractivity contribution < 1.29 is 41.7 Å². The Kier molecular flexibility index (Phi) is 9.41. The number of aliphatic carboxylic acids is 1. The van der Waals surface area contributed by atoms with Crippen LogP contribution in [0.15, 0.2) is 24.3 Å². The van der Waals surface area contributed by atoms with Gasteiger partial charge in [-0.2, -0.15) is 13.2 Å². The van der Waals surface area contributed by atoms with Crippen LogP contribution in [0, 0.1) is 5.82 Å². The number of alkyl halides is 3. The topological polar surface area (TPSA) is 88.1 Å². The minimum atomic E-state index is -5.08. The molecule has 7 nitrogen and oxygen atoms in total. The molecule has 2 aliphatic heterocycles. The molecule has 3 rings (SSSR count). The summed E-state index contributed by atoms with van der Waals surface area (Å²) in [6.45, 7) is 3.61. The predicted octanol–water partition coefficient (Wildman–Crippen LogP) is 2.74. The van der Waals surface area contributed by atoms with Gasteiger partial charge in [-0.3, -0.25) is 9.69 Å². The maximum Gasteiger partial charge on any atom is 0.490 e. The average molecular weight is 464 g/mol. The quantitative estimate of drug-likeness (QED) is 0.497. The van der Waals surface area contributed by atoms with E-state index in [4.69, 9.17) is 19.4 Å². The molecule has 1 spiro atoms. The van der Waals surface area contributed by atoms with Crippen molar-refractivity contribution in [3.05, 3.63) is 35.6 Å². The summed E-state index contributed by atoms with van der Waals surface area (Å²) in [6.07, 6.45) is -1.87. The number of carbonyl (C=O) groups is 2. The number of carbonyl (C=O) groups excluding carboxylic acids is 1. The van der Waals surface area contributed by atoms with Gasteiger partial charge in [0.2, 0.25) is 5.91 Å². The number of piperidine rings is 1. The molecule has 2 heterocycles. The van der Waals surface area contributed by atoms with Crippen LogP contribution in [-0.2, 0) is 25.6 Å². The maximum absolute atomic E-state index is 13.3. The van der Waals surface area contributed by atoms with Crippen LogP contribution in [0.1, 0.15) is 31.2 Å². The van der Waals surface area contributed by atoms with E-state index < -0.39 is 12.1 Å². The van der Waals surface area contributed by atoms with Crippen LogP contribution < -0.4 is 5.32 Å². The number of amides is 1. The van der Waals surface area contributed by atoms with Crippen LogP contribution >= 0.6 is 0 Å². The molecular weight excluding hydrogens is 436 g/mol. The smallest absolute Gasteiger partial charge is 0.475 e. The van der Waals surface area contributed by atoms with E-state index in [9.17, 15) is 22.4 Å². The normalized spacial score (nSPS) is 20.5. The van der Waals surface area contributed by atoms with Gasteiger partial charge in [-0.05, 0) is 43.4 Å². The first kappa shape index (κ1) is 26.0. The van der Waals surface area contributed by atoms with Gasteiger partial charge in [0.15, 0.2) is 0 Å². The fourth-order valence-electron chi connectivity index (χ4n) is 3.77. The molecule has 32 heavy (non-hydrogen) atoms. The van der Waals surface area contributed by atoms with Crippen LogP contribution in [-0.4, -0.2) is 73.1 Å². The highest BCUT2D eigenvalue weighted by Crippen LogP contribution is 2.39. The molecule has 2 fully saturated rings. The van der Waals surface area contributed by atoms with Crippen LogP contribution in [0.2, 0.25) is 0 Å². The van der Waals surface area contributed by atoms with E-state index in [1.165, 1.54) is 6.07 Å². The Labute approximate surface area is 183 Å². The molecule has 180 valence electrons. The van der Waals surface area contributed by atoms with Gasteiger partial charge in [0, 0.05) is 33.3 Å². The molecule has 2 N–H and O–H groups in total. The van der Waals surface area contributed by atoms with E-state index in [1.54, 1.807) is 19.2 Å². The third kappa shape index (κ3) is 8.03. The van der Waals surface area contributed by atoms with E-state index in [2.05, 4.69) is 10.2 Å². The Hall–Kier alpha value is -2.24. The van der Waals surface area contributed by atoms with Crippen LogP contribution in [0.5, 0.6) is 0 Å². The van der Waals surface area contributed by atoms with Crippen molar-refractivity contribution in [2.24, 2.45) is 0 Å². The molecule has 2 saturated heterocycles. The van der Waals surface area contributed by atoms with E-state index in [0.717, 1.165) is 50.9 Å². The van der Waals surface area contributed by atoms with Crippen LogP contribution in [0.4, 0.5) is 17.6 Å². The largest absolute Gasteiger partial charge is 0.490 e. The molecular formula is C21H28F4N2O5. The molecule has 2 aliphatic rings. The standard InChI is InChI=1S/C19H27FN2O3.C2HF3O2/c1-24-12-9-21-18(23)17-5-6-19(25-17)7-10-22(11-8-19)14-15-3-2-4-16(20)13-15;3-2(4,5)1(6)7/h2-4,13,17H,5-12,14H2,1H3,(H,21,23);(H,6,7). The SMILES string of the molecule is COCCNC(=O)C1CCC2(CCN(Cc3cccc(F)c3)CC2)O1.O=C(O)C(F)(F)F. The lowest BCUT2D eigenvalue weighted by Gasteiger charge is -2.39. The molecule has 0 bridgehead atoms.